The number of nitrogens with one attached hydrogen (secondary N) is 1. The Morgan fingerprint density at radius 3 is 2.38 bits per heavy atom. The lowest BCUT2D eigenvalue weighted by Gasteiger charge is -2.09. The number of sulfonamides is 1. The Labute approximate surface area is 131 Å². The number of amides is 1. The lowest BCUT2D eigenvalue weighted by atomic mass is 10.3. The van der Waals surface area contributed by atoms with Crippen LogP contribution in [0, 0.1) is 0 Å². The van der Waals surface area contributed by atoms with Crippen LogP contribution in [0.3, 0.4) is 0 Å². The molecule has 0 radical (unpaired) electrons. The molecule has 0 aromatic heterocycles. The molecule has 2 aromatic carbocycles. The number of ether oxygens (including phenoxy) is 1. The molecule has 0 saturated carbocycles. The minimum Gasteiger partial charge on any atom is -0.410 e. The van der Waals surface area contributed by atoms with Crippen molar-refractivity contribution in [3.8, 4) is 5.75 Å². The molecule has 2 aromatic rings. The summed E-state index contributed by atoms with van der Waals surface area (Å²) in [6.07, 6.45) is -1.14. The average Bonchev–Trinajstić information content (AvgIpc) is 2.41. The third-order valence-electron chi connectivity index (χ3n) is 2.35. The molecule has 0 fully saturated rings. The summed E-state index contributed by atoms with van der Waals surface area (Å²) in [7, 11) is -4.17. The molecular weight excluding hydrogens is 337 g/mol. The van der Waals surface area contributed by atoms with Crippen molar-refractivity contribution in [1.82, 2.24) is 4.72 Å². The van der Waals surface area contributed by atoms with E-state index >= 15 is 0 Å². The van der Waals surface area contributed by atoms with Gasteiger partial charge >= 0.3 is 6.09 Å². The van der Waals surface area contributed by atoms with E-state index < -0.39 is 16.1 Å². The first-order chi connectivity index (χ1) is 9.88. The van der Waals surface area contributed by atoms with Gasteiger partial charge in [-0.3, -0.25) is 0 Å². The van der Waals surface area contributed by atoms with Gasteiger partial charge in [-0.25, -0.2) is 17.9 Å². The van der Waals surface area contributed by atoms with E-state index in [1.54, 1.807) is 22.9 Å². The lowest BCUT2D eigenvalue weighted by molar-refractivity contribution is 0.207. The van der Waals surface area contributed by atoms with E-state index in [0.717, 1.165) is 6.07 Å². The topological polar surface area (TPSA) is 72.5 Å². The molecule has 0 bridgehead atoms. The minimum absolute atomic E-state index is 0.0561. The first-order valence-electron chi connectivity index (χ1n) is 5.63. The van der Waals surface area contributed by atoms with E-state index in [2.05, 4.69) is 0 Å². The quantitative estimate of drug-likeness (QED) is 0.924. The van der Waals surface area contributed by atoms with Crippen molar-refractivity contribution >= 4 is 39.3 Å². The van der Waals surface area contributed by atoms with E-state index in [0.29, 0.717) is 0 Å². The highest BCUT2D eigenvalue weighted by Gasteiger charge is 2.22. The van der Waals surface area contributed by atoms with Gasteiger partial charge in [0.25, 0.3) is 10.0 Å². The molecule has 2 rings (SSSR count). The normalized spacial score (nSPS) is 11.0. The zero-order valence-electron chi connectivity index (χ0n) is 10.4. The van der Waals surface area contributed by atoms with Crippen LogP contribution in [0.25, 0.3) is 0 Å². The summed E-state index contributed by atoms with van der Waals surface area (Å²) in [5, 5.41) is 0.121. The number of hydrogen-bond donors (Lipinski definition) is 1. The molecule has 8 heteroatoms. The van der Waals surface area contributed by atoms with Gasteiger partial charge in [0.2, 0.25) is 0 Å². The molecule has 0 spiro atoms. The van der Waals surface area contributed by atoms with Gasteiger partial charge in [0, 0.05) is 5.02 Å². The molecule has 110 valence electrons. The van der Waals surface area contributed by atoms with Crippen molar-refractivity contribution in [3.05, 3.63) is 58.6 Å². The summed E-state index contributed by atoms with van der Waals surface area (Å²) in [6.45, 7) is 0. The summed E-state index contributed by atoms with van der Waals surface area (Å²) in [5.74, 6) is 0.211. The summed E-state index contributed by atoms with van der Waals surface area (Å²) < 4.78 is 30.7. The van der Waals surface area contributed by atoms with E-state index in [9.17, 15) is 13.2 Å². The average molecular weight is 346 g/mol. The van der Waals surface area contributed by atoms with Crippen LogP contribution in [0.5, 0.6) is 5.75 Å². The summed E-state index contributed by atoms with van der Waals surface area (Å²) in [6, 6.07) is 11.9. The smallest absolute Gasteiger partial charge is 0.410 e. The fourth-order valence-corrected chi connectivity index (χ4v) is 3.10. The molecule has 1 N–H and O–H groups in total. The van der Waals surface area contributed by atoms with Crippen LogP contribution < -0.4 is 9.46 Å². The van der Waals surface area contributed by atoms with Crippen LogP contribution in [0.1, 0.15) is 0 Å². The number of rotatable bonds is 3. The monoisotopic (exact) mass is 345 g/mol. The van der Waals surface area contributed by atoms with Crippen LogP contribution in [0.15, 0.2) is 53.4 Å². The maximum Gasteiger partial charge on any atom is 0.426 e. The second-order valence-electron chi connectivity index (χ2n) is 3.88. The van der Waals surface area contributed by atoms with E-state index in [4.69, 9.17) is 27.9 Å². The van der Waals surface area contributed by atoms with Gasteiger partial charge < -0.3 is 4.74 Å². The Morgan fingerprint density at radius 2 is 1.71 bits per heavy atom. The van der Waals surface area contributed by atoms with E-state index in [-0.39, 0.29) is 20.7 Å². The summed E-state index contributed by atoms with van der Waals surface area (Å²) in [5.41, 5.74) is 0. The lowest BCUT2D eigenvalue weighted by Crippen LogP contribution is -2.33. The first kappa shape index (κ1) is 15.6. The Bertz CT molecular complexity index is 763. The van der Waals surface area contributed by atoms with Gasteiger partial charge in [0.1, 0.15) is 10.6 Å². The number of para-hydroxylation sites is 1. The summed E-state index contributed by atoms with van der Waals surface area (Å²) >= 11 is 11.5. The number of carbonyl (C=O) groups is 1. The molecule has 0 saturated heterocycles. The number of hydrogen-bond acceptors (Lipinski definition) is 4. The van der Waals surface area contributed by atoms with Crippen LogP contribution in [0.2, 0.25) is 10.0 Å². The van der Waals surface area contributed by atoms with Gasteiger partial charge in [-0.1, -0.05) is 41.4 Å². The Kier molecular flexibility index (Phi) is 4.72. The number of benzene rings is 2. The minimum atomic E-state index is -4.17. The van der Waals surface area contributed by atoms with Gasteiger partial charge in [-0.05, 0) is 30.3 Å². The largest absolute Gasteiger partial charge is 0.426 e. The predicted molar refractivity (Wildman–Crippen MR) is 79.2 cm³/mol. The highest BCUT2D eigenvalue weighted by Crippen LogP contribution is 2.24. The summed E-state index contributed by atoms with van der Waals surface area (Å²) in [4.78, 5) is 11.3. The number of carbonyl (C=O) groups excluding carboxylic acids is 1. The molecule has 0 heterocycles. The van der Waals surface area contributed by atoms with Crippen molar-refractivity contribution in [2.24, 2.45) is 0 Å². The van der Waals surface area contributed by atoms with Crippen LogP contribution >= 0.6 is 23.2 Å². The molecule has 0 aliphatic carbocycles. The van der Waals surface area contributed by atoms with Gasteiger partial charge in [0.15, 0.2) is 0 Å². The highest BCUT2D eigenvalue weighted by molar-refractivity contribution is 7.90. The second kappa shape index (κ2) is 6.34. The maximum absolute atomic E-state index is 12.1. The molecular formula is C13H9Cl2NO4S. The van der Waals surface area contributed by atoms with Gasteiger partial charge in [-0.2, -0.15) is 0 Å². The standard InChI is InChI=1S/C13H9Cl2NO4S/c14-9-6-7-11(15)12(8-9)21(18,19)16-13(17)20-10-4-2-1-3-5-10/h1-8H,(H,16,17). The van der Waals surface area contributed by atoms with Crippen molar-refractivity contribution in [2.45, 2.75) is 4.90 Å². The second-order valence-corrected chi connectivity index (χ2v) is 6.38. The Balaban J connectivity index is 2.18. The molecule has 0 unspecified atom stereocenters. The maximum atomic E-state index is 12.1. The van der Waals surface area contributed by atoms with Crippen LogP contribution in [-0.4, -0.2) is 14.5 Å². The Hall–Kier alpha value is -1.76. The first-order valence-corrected chi connectivity index (χ1v) is 7.87. The highest BCUT2D eigenvalue weighted by atomic mass is 35.5. The van der Waals surface area contributed by atoms with Crippen LogP contribution in [0.4, 0.5) is 4.79 Å². The molecule has 0 atom stereocenters. The van der Waals surface area contributed by atoms with Crippen molar-refractivity contribution in [2.75, 3.05) is 0 Å². The van der Waals surface area contributed by atoms with Crippen molar-refractivity contribution in [1.29, 1.82) is 0 Å². The molecule has 1 amide bonds. The molecule has 5 nitrogen and oxygen atoms in total. The van der Waals surface area contributed by atoms with Crippen LogP contribution in [-0.2, 0) is 10.0 Å². The molecule has 0 aliphatic heterocycles. The van der Waals surface area contributed by atoms with Gasteiger partial charge in [-0.15, -0.1) is 0 Å². The third-order valence-corrected chi connectivity index (χ3v) is 4.38. The zero-order chi connectivity index (χ0) is 15.5. The van der Waals surface area contributed by atoms with Crippen molar-refractivity contribution in [3.63, 3.8) is 0 Å². The Morgan fingerprint density at radius 1 is 1.05 bits per heavy atom. The SMILES string of the molecule is O=C(NS(=O)(=O)c1cc(Cl)ccc1Cl)Oc1ccccc1. The molecule has 0 aliphatic rings. The predicted octanol–water partition coefficient (Wildman–Crippen LogP) is 3.47. The van der Waals surface area contributed by atoms with E-state index in [1.807, 2.05) is 0 Å². The van der Waals surface area contributed by atoms with Gasteiger partial charge in [0.05, 0.1) is 5.02 Å². The fraction of sp³-hybridized carbons (Fsp3) is 0. The fourth-order valence-electron chi connectivity index (χ4n) is 1.46. The number of halogens is 2. The van der Waals surface area contributed by atoms with Crippen molar-refractivity contribution < 1.29 is 17.9 Å². The third kappa shape index (κ3) is 4.10. The zero-order valence-corrected chi connectivity index (χ0v) is 12.7. The van der Waals surface area contributed by atoms with E-state index in [1.165, 1.54) is 24.3 Å². The molecule has 21 heavy (non-hydrogen) atoms.